The van der Waals surface area contributed by atoms with Crippen LogP contribution in [0.4, 0.5) is 0 Å². The maximum absolute atomic E-state index is 13.4. The molecule has 6 atom stereocenters. The lowest BCUT2D eigenvalue weighted by Gasteiger charge is -2.26. The van der Waals surface area contributed by atoms with Crippen LogP contribution in [0, 0.1) is 5.92 Å². The van der Waals surface area contributed by atoms with Crippen molar-refractivity contribution < 1.29 is 58.5 Å². The Hall–Kier alpha value is -4.54. The number of unbranched alkanes of at least 4 members (excludes halogenated alkanes) is 1. The summed E-state index contributed by atoms with van der Waals surface area (Å²) in [6.07, 6.45) is 1.97. The second kappa shape index (κ2) is 27.1. The number of nitrogens with one attached hydrogen (secondary N) is 7. The molecule has 0 rings (SSSR count). The molecule has 0 aliphatic heterocycles. The number of amides is 7. The lowest BCUT2D eigenvalue weighted by atomic mass is 10.0. The Bertz CT molecular complexity index is 1290. The van der Waals surface area contributed by atoms with Crippen molar-refractivity contribution in [2.45, 2.75) is 102 Å². The van der Waals surface area contributed by atoms with Crippen molar-refractivity contribution in [3.8, 4) is 0 Å². The minimum atomic E-state index is -1.51. The minimum Gasteiger partial charge on any atom is -0.481 e. The zero-order valence-corrected chi connectivity index (χ0v) is 31.9. The summed E-state index contributed by atoms with van der Waals surface area (Å²) in [5, 5.41) is 44.6. The lowest BCUT2D eigenvalue weighted by molar-refractivity contribution is -0.140. The summed E-state index contributed by atoms with van der Waals surface area (Å²) in [6.45, 7) is 3.19. The van der Waals surface area contributed by atoms with Gasteiger partial charge in [0.2, 0.25) is 41.4 Å². The lowest BCUT2D eigenvalue weighted by Crippen LogP contribution is -2.60. The van der Waals surface area contributed by atoms with Crippen LogP contribution in [-0.4, -0.2) is 143 Å². The Labute approximate surface area is 318 Å². The molecule has 0 heterocycles. The number of carboxylic acid groups (broad SMARTS) is 2. The molecular weight excluding hydrogens is 734 g/mol. The SMILES string of the molecule is CSCC[C@H](NC(=O)[C@H](CO)NC(=O)[C@H](CC(C)C)NC(=O)CN)C(=O)N[C@@H](C)C(=O)N[C@@H](CCCCN)C(=O)N[C@@H](CCC(=O)O)C(=O)NCC(=O)O. The standard InChI is InChI=1S/C32H57N9O12S/c1-17(2)13-22(37-24(43)14-34)31(52)41-23(16-42)32(53)40-21(10-12-54-4)29(50)36-18(3)27(48)38-19(7-5-6-11-33)30(51)39-20(8-9-25(44)45)28(49)35-15-26(46)47/h17-23,42H,5-16,33-34H2,1-4H3,(H,35,49)(H,36,50)(H,37,43)(H,38,48)(H,39,51)(H,40,53)(H,41,52)(H,44,45)(H,46,47)/t18-,19-,20-,21-,22-,23-/m0/s1. The zero-order chi connectivity index (χ0) is 41.4. The largest absolute Gasteiger partial charge is 0.481 e. The van der Waals surface area contributed by atoms with Gasteiger partial charge in [-0.05, 0) is 69.9 Å². The van der Waals surface area contributed by atoms with Gasteiger partial charge in [-0.2, -0.15) is 11.8 Å². The topological polar surface area (TPSA) is 351 Å². The number of thioether (sulfide) groups is 1. The highest BCUT2D eigenvalue weighted by molar-refractivity contribution is 7.98. The molecule has 0 aliphatic carbocycles. The van der Waals surface area contributed by atoms with Gasteiger partial charge in [-0.15, -0.1) is 0 Å². The van der Waals surface area contributed by atoms with E-state index >= 15 is 0 Å². The third-order valence-electron chi connectivity index (χ3n) is 7.63. The van der Waals surface area contributed by atoms with Crippen LogP contribution in [0.15, 0.2) is 0 Å². The fourth-order valence-corrected chi connectivity index (χ4v) is 5.20. The third kappa shape index (κ3) is 20.6. The predicted octanol–water partition coefficient (Wildman–Crippen LogP) is -4.14. The van der Waals surface area contributed by atoms with E-state index in [1.54, 1.807) is 6.26 Å². The first-order valence-electron chi connectivity index (χ1n) is 17.4. The van der Waals surface area contributed by atoms with Crippen LogP contribution in [-0.2, 0) is 43.2 Å². The Kier molecular flexibility index (Phi) is 24.8. The van der Waals surface area contributed by atoms with Crippen LogP contribution in [0.25, 0.3) is 0 Å². The summed E-state index contributed by atoms with van der Waals surface area (Å²) >= 11 is 1.36. The van der Waals surface area contributed by atoms with Crippen molar-refractivity contribution >= 4 is 65.1 Å². The minimum absolute atomic E-state index is 0.0342. The number of hydrogen-bond acceptors (Lipinski definition) is 13. The van der Waals surface area contributed by atoms with Gasteiger partial charge < -0.3 is 64.0 Å². The Morgan fingerprint density at radius 3 is 1.65 bits per heavy atom. The summed E-state index contributed by atoms with van der Waals surface area (Å²) in [7, 11) is 0. The van der Waals surface area contributed by atoms with Crippen LogP contribution in [0.1, 0.15) is 65.7 Å². The van der Waals surface area contributed by atoms with E-state index < -0.39 is 109 Å². The van der Waals surface area contributed by atoms with Crippen molar-refractivity contribution in [2.24, 2.45) is 17.4 Å². The van der Waals surface area contributed by atoms with Crippen molar-refractivity contribution in [1.82, 2.24) is 37.2 Å². The number of carboxylic acids is 2. The van der Waals surface area contributed by atoms with E-state index in [2.05, 4.69) is 37.2 Å². The molecule has 14 N–H and O–H groups in total. The van der Waals surface area contributed by atoms with Crippen LogP contribution >= 0.6 is 11.8 Å². The number of nitrogens with two attached hydrogens (primary N) is 2. The fraction of sp³-hybridized carbons (Fsp3) is 0.719. The van der Waals surface area contributed by atoms with Crippen LogP contribution < -0.4 is 48.7 Å². The molecule has 0 bridgehead atoms. The summed E-state index contributed by atoms with van der Waals surface area (Å²) in [4.78, 5) is 112. The molecule has 0 saturated heterocycles. The van der Waals surface area contributed by atoms with Crippen molar-refractivity contribution in [1.29, 1.82) is 0 Å². The van der Waals surface area contributed by atoms with E-state index in [9.17, 15) is 48.3 Å². The van der Waals surface area contributed by atoms with E-state index in [-0.39, 0.29) is 44.7 Å². The summed E-state index contributed by atoms with van der Waals surface area (Å²) in [6, 6.07) is -7.81. The normalized spacial score (nSPS) is 14.2. The van der Waals surface area contributed by atoms with Gasteiger partial charge in [-0.25, -0.2) is 0 Å². The first kappa shape index (κ1) is 49.5. The maximum atomic E-state index is 13.4. The summed E-state index contributed by atoms with van der Waals surface area (Å²) in [5.41, 5.74) is 10.9. The van der Waals surface area contributed by atoms with E-state index in [4.69, 9.17) is 21.7 Å². The number of aliphatic carboxylic acids is 2. The average Bonchev–Trinajstić information content (AvgIpc) is 3.11. The van der Waals surface area contributed by atoms with Gasteiger partial charge in [0.25, 0.3) is 0 Å². The van der Waals surface area contributed by atoms with Gasteiger partial charge in [0.15, 0.2) is 0 Å². The molecule has 0 aromatic heterocycles. The Balaban J connectivity index is 5.87. The first-order valence-corrected chi connectivity index (χ1v) is 18.8. The highest BCUT2D eigenvalue weighted by Crippen LogP contribution is 2.08. The molecule has 7 amide bonds. The average molecular weight is 792 g/mol. The van der Waals surface area contributed by atoms with Gasteiger partial charge in [0.05, 0.1) is 13.2 Å². The maximum Gasteiger partial charge on any atom is 0.322 e. The molecule has 0 saturated carbocycles. The molecule has 22 heteroatoms. The van der Waals surface area contributed by atoms with Crippen LogP contribution in [0.2, 0.25) is 0 Å². The smallest absolute Gasteiger partial charge is 0.322 e. The second-order valence-corrected chi connectivity index (χ2v) is 13.7. The Morgan fingerprint density at radius 2 is 1.13 bits per heavy atom. The molecule has 0 aromatic rings. The molecular formula is C32H57N9O12S. The van der Waals surface area contributed by atoms with Crippen molar-refractivity contribution in [3.63, 3.8) is 0 Å². The van der Waals surface area contributed by atoms with Crippen LogP contribution in [0.3, 0.4) is 0 Å². The molecule has 0 spiro atoms. The van der Waals surface area contributed by atoms with E-state index in [1.807, 2.05) is 13.8 Å². The van der Waals surface area contributed by atoms with Crippen LogP contribution in [0.5, 0.6) is 0 Å². The number of aliphatic hydroxyl groups excluding tert-OH is 1. The molecule has 0 aliphatic rings. The van der Waals surface area contributed by atoms with E-state index in [1.165, 1.54) is 18.7 Å². The van der Waals surface area contributed by atoms with Gasteiger partial charge >= 0.3 is 11.9 Å². The number of hydrogen-bond donors (Lipinski definition) is 12. The van der Waals surface area contributed by atoms with Gasteiger partial charge in [-0.1, -0.05) is 13.8 Å². The van der Waals surface area contributed by atoms with E-state index in [0.717, 1.165) is 0 Å². The zero-order valence-electron chi connectivity index (χ0n) is 31.1. The van der Waals surface area contributed by atoms with E-state index in [0.29, 0.717) is 18.6 Å². The van der Waals surface area contributed by atoms with Gasteiger partial charge in [0, 0.05) is 6.42 Å². The fourth-order valence-electron chi connectivity index (χ4n) is 4.73. The van der Waals surface area contributed by atoms with Gasteiger partial charge in [-0.3, -0.25) is 43.2 Å². The molecule has 21 nitrogen and oxygen atoms in total. The molecule has 0 radical (unpaired) electrons. The van der Waals surface area contributed by atoms with Crippen molar-refractivity contribution in [2.75, 3.05) is 38.2 Å². The monoisotopic (exact) mass is 791 g/mol. The van der Waals surface area contributed by atoms with Gasteiger partial charge in [0.1, 0.15) is 42.8 Å². The molecule has 54 heavy (non-hydrogen) atoms. The number of rotatable bonds is 28. The molecule has 0 fully saturated rings. The number of aliphatic hydroxyl groups is 1. The quantitative estimate of drug-likeness (QED) is 0.0335. The third-order valence-corrected chi connectivity index (χ3v) is 8.27. The summed E-state index contributed by atoms with van der Waals surface area (Å²) in [5.74, 6) is -8.03. The molecule has 308 valence electrons. The predicted molar refractivity (Wildman–Crippen MR) is 196 cm³/mol. The highest BCUT2D eigenvalue weighted by atomic mass is 32.2. The second-order valence-electron chi connectivity index (χ2n) is 12.7. The first-order chi connectivity index (χ1) is 25.4. The molecule has 0 unspecified atom stereocenters. The number of carbonyl (C=O) groups is 9. The molecule has 0 aromatic carbocycles. The van der Waals surface area contributed by atoms with Crippen molar-refractivity contribution in [3.05, 3.63) is 0 Å². The Morgan fingerprint density at radius 1 is 0.611 bits per heavy atom. The number of carbonyl (C=O) groups excluding carboxylic acids is 7. The highest BCUT2D eigenvalue weighted by Gasteiger charge is 2.32. The summed E-state index contributed by atoms with van der Waals surface area (Å²) < 4.78 is 0.